The first kappa shape index (κ1) is 18.3. The lowest BCUT2D eigenvalue weighted by Crippen LogP contribution is -2.03. The number of carbonyl (C=O) groups is 1. The Bertz CT molecular complexity index is 961. The summed E-state index contributed by atoms with van der Waals surface area (Å²) in [7, 11) is 0. The summed E-state index contributed by atoms with van der Waals surface area (Å²) in [5.41, 5.74) is 2.90. The van der Waals surface area contributed by atoms with E-state index in [9.17, 15) is 4.79 Å². The van der Waals surface area contributed by atoms with Crippen LogP contribution in [-0.2, 0) is 22.8 Å². The molecule has 0 aliphatic rings. The molecule has 0 amide bonds. The van der Waals surface area contributed by atoms with Crippen LogP contribution in [0, 0.1) is 0 Å². The van der Waals surface area contributed by atoms with Gasteiger partial charge >= 0.3 is 5.97 Å². The van der Waals surface area contributed by atoms with E-state index in [2.05, 4.69) is 11.7 Å². The molecule has 6 nitrogen and oxygen atoms in total. The van der Waals surface area contributed by atoms with Gasteiger partial charge in [0.25, 0.3) is 0 Å². The van der Waals surface area contributed by atoms with E-state index >= 15 is 0 Å². The zero-order valence-corrected chi connectivity index (χ0v) is 14.7. The average Bonchev–Trinajstić information content (AvgIpc) is 3.02. The summed E-state index contributed by atoms with van der Waals surface area (Å²) in [6, 6.07) is 15.8. The highest BCUT2D eigenvalue weighted by molar-refractivity contribution is 6.00. The number of allylic oxidation sites excluding steroid dienone is 1. The molecule has 6 heteroatoms. The van der Waals surface area contributed by atoms with Gasteiger partial charge in [-0.2, -0.15) is 0 Å². The SMILES string of the molecule is C=CCn1cc(/C=N/OCC(=O)O)c2cc(OCc3ccccc3)ccc21. The molecule has 27 heavy (non-hydrogen) atoms. The monoisotopic (exact) mass is 364 g/mol. The lowest BCUT2D eigenvalue weighted by molar-refractivity contribution is -0.142. The van der Waals surface area contributed by atoms with Crippen molar-refractivity contribution in [1.82, 2.24) is 4.57 Å². The number of hydrogen-bond donors (Lipinski definition) is 1. The number of fused-ring (bicyclic) bond motifs is 1. The van der Waals surface area contributed by atoms with E-state index in [1.54, 1.807) is 6.08 Å². The van der Waals surface area contributed by atoms with E-state index in [4.69, 9.17) is 14.7 Å². The third kappa shape index (κ3) is 4.76. The van der Waals surface area contributed by atoms with Gasteiger partial charge in [-0.05, 0) is 23.8 Å². The van der Waals surface area contributed by atoms with Crippen LogP contribution in [0.5, 0.6) is 5.75 Å². The van der Waals surface area contributed by atoms with Crippen LogP contribution >= 0.6 is 0 Å². The van der Waals surface area contributed by atoms with Gasteiger partial charge < -0.3 is 19.2 Å². The molecule has 3 rings (SSSR count). The van der Waals surface area contributed by atoms with Gasteiger partial charge in [0.05, 0.1) is 6.21 Å². The molecule has 1 aromatic heterocycles. The number of oxime groups is 1. The van der Waals surface area contributed by atoms with E-state index in [-0.39, 0.29) is 0 Å². The molecule has 1 heterocycles. The first-order valence-corrected chi connectivity index (χ1v) is 8.45. The van der Waals surface area contributed by atoms with Gasteiger partial charge in [-0.1, -0.05) is 41.6 Å². The molecule has 0 radical (unpaired) electrons. The molecule has 0 unspecified atom stereocenters. The number of nitrogens with zero attached hydrogens (tertiary/aromatic N) is 2. The Morgan fingerprint density at radius 2 is 2.04 bits per heavy atom. The van der Waals surface area contributed by atoms with Crippen molar-refractivity contribution in [2.75, 3.05) is 6.61 Å². The van der Waals surface area contributed by atoms with Gasteiger partial charge in [0.15, 0.2) is 0 Å². The highest BCUT2D eigenvalue weighted by atomic mass is 16.6. The molecule has 1 N–H and O–H groups in total. The minimum Gasteiger partial charge on any atom is -0.489 e. The molecular formula is C21H20N2O4. The molecular weight excluding hydrogens is 344 g/mol. The molecule has 0 atom stereocenters. The van der Waals surface area contributed by atoms with E-state index < -0.39 is 12.6 Å². The quantitative estimate of drug-likeness (QED) is 0.356. The second-order valence-electron chi connectivity index (χ2n) is 5.88. The van der Waals surface area contributed by atoms with Gasteiger partial charge in [-0.3, -0.25) is 0 Å². The number of carboxylic acid groups (broad SMARTS) is 1. The molecule has 0 spiro atoms. The van der Waals surface area contributed by atoms with Crippen LogP contribution in [0.4, 0.5) is 0 Å². The number of rotatable bonds is 9. The summed E-state index contributed by atoms with van der Waals surface area (Å²) in [4.78, 5) is 15.3. The van der Waals surface area contributed by atoms with Crippen molar-refractivity contribution in [3.05, 3.63) is 78.5 Å². The zero-order chi connectivity index (χ0) is 19.1. The predicted molar refractivity (Wildman–Crippen MR) is 104 cm³/mol. The highest BCUT2D eigenvalue weighted by Crippen LogP contribution is 2.26. The fourth-order valence-electron chi connectivity index (χ4n) is 2.71. The number of aromatic nitrogens is 1. The molecule has 2 aromatic carbocycles. The van der Waals surface area contributed by atoms with Crippen molar-refractivity contribution in [1.29, 1.82) is 0 Å². The minimum absolute atomic E-state index is 0.477. The maximum atomic E-state index is 10.5. The number of benzene rings is 2. The van der Waals surface area contributed by atoms with E-state index in [1.807, 2.05) is 59.3 Å². The maximum Gasteiger partial charge on any atom is 0.344 e. The van der Waals surface area contributed by atoms with Gasteiger partial charge in [-0.15, -0.1) is 6.58 Å². The summed E-state index contributed by atoms with van der Waals surface area (Å²) in [5, 5.41) is 13.3. The third-order valence-corrected chi connectivity index (χ3v) is 3.91. The fourth-order valence-corrected chi connectivity index (χ4v) is 2.71. The van der Waals surface area contributed by atoms with Crippen LogP contribution in [-0.4, -0.2) is 28.5 Å². The Kier molecular flexibility index (Phi) is 5.89. The number of carboxylic acids is 1. The Balaban J connectivity index is 1.84. The van der Waals surface area contributed by atoms with Crippen molar-refractivity contribution in [2.24, 2.45) is 5.16 Å². The molecule has 0 saturated carbocycles. The normalized spacial score (nSPS) is 11.0. The molecule has 138 valence electrons. The van der Waals surface area contributed by atoms with Gasteiger partial charge in [-0.25, -0.2) is 4.79 Å². The zero-order valence-electron chi connectivity index (χ0n) is 14.7. The second-order valence-corrected chi connectivity index (χ2v) is 5.88. The van der Waals surface area contributed by atoms with Crippen LogP contribution in [0.3, 0.4) is 0 Å². The molecule has 0 fully saturated rings. The molecule has 0 saturated heterocycles. The van der Waals surface area contributed by atoms with Gasteiger partial charge in [0, 0.05) is 29.2 Å². The van der Waals surface area contributed by atoms with Crippen LogP contribution in [0.15, 0.2) is 72.5 Å². The Labute approximate surface area is 156 Å². The first-order valence-electron chi connectivity index (χ1n) is 8.45. The Morgan fingerprint density at radius 1 is 1.22 bits per heavy atom. The molecule has 0 aliphatic carbocycles. The third-order valence-electron chi connectivity index (χ3n) is 3.91. The molecule has 0 aliphatic heterocycles. The fraction of sp³-hybridized carbons (Fsp3) is 0.143. The number of aliphatic carboxylic acids is 1. The minimum atomic E-state index is -1.07. The van der Waals surface area contributed by atoms with Crippen LogP contribution in [0.2, 0.25) is 0 Å². The highest BCUT2D eigenvalue weighted by Gasteiger charge is 2.09. The van der Waals surface area contributed by atoms with Crippen LogP contribution < -0.4 is 4.74 Å². The van der Waals surface area contributed by atoms with Crippen molar-refractivity contribution in [3.8, 4) is 5.75 Å². The number of hydrogen-bond acceptors (Lipinski definition) is 4. The summed E-state index contributed by atoms with van der Waals surface area (Å²) in [6.45, 7) is 4.42. The van der Waals surface area contributed by atoms with Crippen molar-refractivity contribution in [2.45, 2.75) is 13.2 Å². The van der Waals surface area contributed by atoms with E-state index in [0.717, 1.165) is 27.8 Å². The van der Waals surface area contributed by atoms with Crippen molar-refractivity contribution in [3.63, 3.8) is 0 Å². The van der Waals surface area contributed by atoms with Gasteiger partial charge in [0.2, 0.25) is 6.61 Å². The summed E-state index contributed by atoms with van der Waals surface area (Å²) in [6.07, 6.45) is 5.23. The lowest BCUT2D eigenvalue weighted by Gasteiger charge is -2.07. The Hall–Kier alpha value is -3.54. The number of ether oxygens (including phenoxy) is 1. The Morgan fingerprint density at radius 3 is 2.78 bits per heavy atom. The largest absolute Gasteiger partial charge is 0.489 e. The summed E-state index contributed by atoms with van der Waals surface area (Å²) in [5.74, 6) is -0.332. The van der Waals surface area contributed by atoms with Crippen LogP contribution in [0.25, 0.3) is 10.9 Å². The summed E-state index contributed by atoms with van der Waals surface area (Å²) >= 11 is 0. The van der Waals surface area contributed by atoms with Crippen LogP contribution in [0.1, 0.15) is 11.1 Å². The first-order chi connectivity index (χ1) is 13.2. The van der Waals surface area contributed by atoms with E-state index in [0.29, 0.717) is 13.2 Å². The van der Waals surface area contributed by atoms with Crippen molar-refractivity contribution >= 4 is 23.1 Å². The standard InChI is InChI=1S/C21H20N2O4/c1-2-10-23-13-17(12-22-27-15-21(24)25)19-11-18(8-9-20(19)23)26-14-16-6-4-3-5-7-16/h2-9,11-13H,1,10,14-15H2,(H,24,25)/b22-12+. The molecule has 0 bridgehead atoms. The molecule has 3 aromatic rings. The topological polar surface area (TPSA) is 73.1 Å². The average molecular weight is 364 g/mol. The smallest absolute Gasteiger partial charge is 0.344 e. The lowest BCUT2D eigenvalue weighted by atomic mass is 10.2. The maximum absolute atomic E-state index is 10.5. The predicted octanol–water partition coefficient (Wildman–Crippen LogP) is 3.84. The second kappa shape index (κ2) is 8.71. The van der Waals surface area contributed by atoms with Crippen molar-refractivity contribution < 1.29 is 19.5 Å². The van der Waals surface area contributed by atoms with E-state index in [1.165, 1.54) is 6.21 Å². The van der Waals surface area contributed by atoms with Gasteiger partial charge in [0.1, 0.15) is 12.4 Å². The summed E-state index contributed by atoms with van der Waals surface area (Å²) < 4.78 is 7.93.